The summed E-state index contributed by atoms with van der Waals surface area (Å²) < 4.78 is 3.19. The first-order valence-electron chi connectivity index (χ1n) is 7.69. The first kappa shape index (κ1) is 16.0. The Labute approximate surface area is 130 Å². The van der Waals surface area contributed by atoms with E-state index in [1.54, 1.807) is 0 Å². The van der Waals surface area contributed by atoms with Crippen LogP contribution in [0.25, 0.3) is 0 Å². The van der Waals surface area contributed by atoms with E-state index in [4.69, 9.17) is 5.73 Å². The summed E-state index contributed by atoms with van der Waals surface area (Å²) in [6.07, 6.45) is 6.18. The van der Waals surface area contributed by atoms with Crippen LogP contribution in [0.3, 0.4) is 0 Å². The van der Waals surface area contributed by atoms with E-state index in [0.29, 0.717) is 12.0 Å². The van der Waals surface area contributed by atoms with Crippen molar-refractivity contribution in [3.63, 3.8) is 0 Å². The van der Waals surface area contributed by atoms with Crippen molar-refractivity contribution in [2.75, 3.05) is 13.6 Å². The van der Waals surface area contributed by atoms with Gasteiger partial charge in [-0.1, -0.05) is 19.8 Å². The van der Waals surface area contributed by atoms with Gasteiger partial charge in [0.2, 0.25) is 0 Å². The van der Waals surface area contributed by atoms with Crippen molar-refractivity contribution in [2.45, 2.75) is 51.6 Å². The lowest BCUT2D eigenvalue weighted by molar-refractivity contribution is 0.125. The third-order valence-electron chi connectivity index (χ3n) is 4.64. The number of hydrogen-bond donors (Lipinski definition) is 1. The molecule has 0 radical (unpaired) electrons. The average molecular weight is 343 g/mol. The summed E-state index contributed by atoms with van der Waals surface area (Å²) in [6, 6.07) is 0.612. The zero-order valence-electron chi connectivity index (χ0n) is 12.9. The van der Waals surface area contributed by atoms with Gasteiger partial charge in [0.25, 0.3) is 0 Å². The summed E-state index contributed by atoms with van der Waals surface area (Å²) in [4.78, 5) is 2.47. The molecule has 0 saturated heterocycles. The molecule has 20 heavy (non-hydrogen) atoms. The molecule has 1 heterocycles. The molecule has 0 amide bonds. The van der Waals surface area contributed by atoms with Crippen LogP contribution in [0.1, 0.15) is 44.0 Å². The molecule has 1 aliphatic carbocycles. The van der Waals surface area contributed by atoms with Gasteiger partial charge in [0, 0.05) is 19.6 Å². The molecule has 2 N–H and O–H groups in total. The molecular formula is C15H27BrN4. The van der Waals surface area contributed by atoms with Crippen LogP contribution in [0.15, 0.2) is 4.47 Å². The smallest absolute Gasteiger partial charge is 0.0767 e. The van der Waals surface area contributed by atoms with Crippen LogP contribution in [-0.4, -0.2) is 34.3 Å². The summed E-state index contributed by atoms with van der Waals surface area (Å²) in [5.41, 5.74) is 8.37. The predicted octanol–water partition coefficient (Wildman–Crippen LogP) is 2.69. The molecule has 2 atom stereocenters. The second kappa shape index (κ2) is 7.05. The van der Waals surface area contributed by atoms with E-state index >= 15 is 0 Å². The van der Waals surface area contributed by atoms with Crippen molar-refractivity contribution in [2.24, 2.45) is 18.7 Å². The van der Waals surface area contributed by atoms with Gasteiger partial charge in [0.05, 0.1) is 15.9 Å². The van der Waals surface area contributed by atoms with Crippen LogP contribution < -0.4 is 5.73 Å². The molecule has 1 aromatic rings. The van der Waals surface area contributed by atoms with E-state index in [9.17, 15) is 0 Å². The third kappa shape index (κ3) is 3.26. The lowest BCUT2D eigenvalue weighted by Gasteiger charge is -2.37. The van der Waals surface area contributed by atoms with Gasteiger partial charge in [0.1, 0.15) is 0 Å². The molecule has 1 fully saturated rings. The Morgan fingerprint density at radius 1 is 1.40 bits per heavy atom. The molecule has 0 spiro atoms. The summed E-state index contributed by atoms with van der Waals surface area (Å²) >= 11 is 3.71. The topological polar surface area (TPSA) is 47.1 Å². The second-order valence-corrected chi connectivity index (χ2v) is 6.74. The summed E-state index contributed by atoms with van der Waals surface area (Å²) in [7, 11) is 4.26. The van der Waals surface area contributed by atoms with Crippen molar-refractivity contribution < 1.29 is 0 Å². The highest BCUT2D eigenvalue weighted by molar-refractivity contribution is 9.10. The van der Waals surface area contributed by atoms with Gasteiger partial charge in [-0.25, -0.2) is 0 Å². The monoisotopic (exact) mass is 342 g/mol. The predicted molar refractivity (Wildman–Crippen MR) is 86.6 cm³/mol. The van der Waals surface area contributed by atoms with Crippen molar-refractivity contribution in [1.82, 2.24) is 14.7 Å². The minimum atomic E-state index is 0.612. The molecule has 0 aromatic carbocycles. The Morgan fingerprint density at radius 3 is 2.70 bits per heavy atom. The Balaban J connectivity index is 2.10. The number of halogens is 1. The highest BCUT2D eigenvalue weighted by Gasteiger charge is 2.28. The molecule has 5 heteroatoms. The summed E-state index contributed by atoms with van der Waals surface area (Å²) in [5.74, 6) is 0.645. The van der Waals surface area contributed by atoms with Gasteiger partial charge >= 0.3 is 0 Å². The fourth-order valence-electron chi connectivity index (χ4n) is 3.39. The maximum absolute atomic E-state index is 5.96. The molecule has 0 aliphatic heterocycles. The van der Waals surface area contributed by atoms with E-state index in [1.807, 2.05) is 11.7 Å². The van der Waals surface area contributed by atoms with Gasteiger partial charge in [-0.2, -0.15) is 5.10 Å². The average Bonchev–Trinajstić information content (AvgIpc) is 2.74. The largest absolute Gasteiger partial charge is 0.330 e. The molecule has 1 aromatic heterocycles. The highest BCUT2D eigenvalue weighted by Crippen LogP contribution is 2.29. The number of rotatable bonds is 5. The van der Waals surface area contributed by atoms with E-state index in [0.717, 1.165) is 25.2 Å². The molecular weight excluding hydrogens is 316 g/mol. The lowest BCUT2D eigenvalue weighted by Crippen LogP contribution is -2.43. The fourth-order valence-corrected chi connectivity index (χ4v) is 4.13. The number of aryl methyl sites for hydroxylation is 2. The maximum Gasteiger partial charge on any atom is 0.0767 e. The SMILES string of the molecule is CCc1nn(C)c(CN(C)C2CCCCC2CN)c1Br. The fraction of sp³-hybridized carbons (Fsp3) is 0.800. The molecule has 4 nitrogen and oxygen atoms in total. The zero-order chi connectivity index (χ0) is 14.7. The van der Waals surface area contributed by atoms with Gasteiger partial charge in [-0.3, -0.25) is 9.58 Å². The third-order valence-corrected chi connectivity index (χ3v) is 5.56. The lowest BCUT2D eigenvalue weighted by atomic mass is 9.83. The Morgan fingerprint density at radius 2 is 2.10 bits per heavy atom. The Hall–Kier alpha value is -0.390. The number of nitrogens with two attached hydrogens (primary N) is 1. The van der Waals surface area contributed by atoms with Crippen LogP contribution in [0.2, 0.25) is 0 Å². The van der Waals surface area contributed by atoms with Gasteiger partial charge in [-0.05, 0) is 54.7 Å². The quantitative estimate of drug-likeness (QED) is 0.894. The first-order chi connectivity index (χ1) is 9.58. The van der Waals surface area contributed by atoms with Gasteiger partial charge in [0.15, 0.2) is 0 Å². The number of hydrogen-bond acceptors (Lipinski definition) is 3. The van der Waals surface area contributed by atoms with Gasteiger partial charge < -0.3 is 5.73 Å². The molecule has 2 unspecified atom stereocenters. The molecule has 2 rings (SSSR count). The number of nitrogens with zero attached hydrogens (tertiary/aromatic N) is 3. The maximum atomic E-state index is 5.96. The summed E-state index contributed by atoms with van der Waals surface area (Å²) in [6.45, 7) is 3.89. The Kier molecular flexibility index (Phi) is 5.64. The second-order valence-electron chi connectivity index (χ2n) is 5.95. The Bertz CT molecular complexity index is 443. The van der Waals surface area contributed by atoms with E-state index < -0.39 is 0 Å². The summed E-state index contributed by atoms with van der Waals surface area (Å²) in [5, 5.41) is 4.58. The van der Waals surface area contributed by atoms with E-state index in [-0.39, 0.29) is 0 Å². The van der Waals surface area contributed by atoms with E-state index in [2.05, 4.69) is 39.9 Å². The standard InChI is InChI=1S/C15H27BrN4/c1-4-12-15(16)14(20(3)18-12)10-19(2)13-8-6-5-7-11(13)9-17/h11,13H,4-10,17H2,1-3H3. The van der Waals surface area contributed by atoms with Crippen LogP contribution in [0.5, 0.6) is 0 Å². The molecule has 0 bridgehead atoms. The highest BCUT2D eigenvalue weighted by atomic mass is 79.9. The van der Waals surface area contributed by atoms with Crippen LogP contribution >= 0.6 is 15.9 Å². The molecule has 1 saturated carbocycles. The van der Waals surface area contributed by atoms with Crippen LogP contribution in [-0.2, 0) is 20.0 Å². The van der Waals surface area contributed by atoms with Crippen molar-refractivity contribution in [1.29, 1.82) is 0 Å². The van der Waals surface area contributed by atoms with Crippen molar-refractivity contribution >= 4 is 15.9 Å². The molecule has 114 valence electrons. The van der Waals surface area contributed by atoms with Crippen molar-refractivity contribution in [3.8, 4) is 0 Å². The van der Waals surface area contributed by atoms with Gasteiger partial charge in [-0.15, -0.1) is 0 Å². The minimum Gasteiger partial charge on any atom is -0.330 e. The first-order valence-corrected chi connectivity index (χ1v) is 8.48. The normalized spacial score (nSPS) is 23.5. The number of aromatic nitrogens is 2. The van der Waals surface area contributed by atoms with Crippen molar-refractivity contribution in [3.05, 3.63) is 15.9 Å². The van der Waals surface area contributed by atoms with Crippen LogP contribution in [0.4, 0.5) is 0 Å². The van der Waals surface area contributed by atoms with E-state index in [1.165, 1.54) is 35.8 Å². The zero-order valence-corrected chi connectivity index (χ0v) is 14.5. The van der Waals surface area contributed by atoms with Crippen LogP contribution in [0, 0.1) is 5.92 Å². The molecule has 1 aliphatic rings. The minimum absolute atomic E-state index is 0.612.